The summed E-state index contributed by atoms with van der Waals surface area (Å²) in [5, 5.41) is 0.996. The van der Waals surface area contributed by atoms with Gasteiger partial charge < -0.3 is 9.97 Å². The summed E-state index contributed by atoms with van der Waals surface area (Å²) in [6.45, 7) is 1.97. The lowest BCUT2D eigenvalue weighted by Gasteiger charge is -2.00. The number of nitrogens with one attached hydrogen (secondary N) is 2. The average Bonchev–Trinajstić information content (AvgIpc) is 2.75. The van der Waals surface area contributed by atoms with E-state index in [-0.39, 0.29) is 5.56 Å². The molecule has 0 fully saturated rings. The summed E-state index contributed by atoms with van der Waals surface area (Å²) in [5.74, 6) is 0.843. The first-order valence-corrected chi connectivity index (χ1v) is 5.37. The van der Waals surface area contributed by atoms with Crippen LogP contribution in [0, 0.1) is 6.92 Å². The van der Waals surface area contributed by atoms with Crippen LogP contribution in [0.25, 0.3) is 22.3 Å². The van der Waals surface area contributed by atoms with E-state index in [0.29, 0.717) is 0 Å². The Labute approximate surface area is 97.3 Å². The van der Waals surface area contributed by atoms with Gasteiger partial charge in [0.1, 0.15) is 5.82 Å². The van der Waals surface area contributed by atoms with Gasteiger partial charge in [0.05, 0.1) is 0 Å². The van der Waals surface area contributed by atoms with Gasteiger partial charge >= 0.3 is 0 Å². The first kappa shape index (κ1) is 9.84. The van der Waals surface area contributed by atoms with Gasteiger partial charge in [0, 0.05) is 29.0 Å². The normalized spacial score (nSPS) is 10.9. The van der Waals surface area contributed by atoms with Crippen LogP contribution in [0.2, 0.25) is 0 Å². The molecule has 0 amide bonds. The van der Waals surface area contributed by atoms with Crippen molar-refractivity contribution < 1.29 is 0 Å². The van der Waals surface area contributed by atoms with Crippen molar-refractivity contribution in [3.05, 3.63) is 52.6 Å². The molecule has 0 saturated carbocycles. The summed E-state index contributed by atoms with van der Waals surface area (Å²) in [7, 11) is 0. The molecule has 0 aliphatic carbocycles. The molecule has 1 aromatic carbocycles. The van der Waals surface area contributed by atoms with E-state index in [4.69, 9.17) is 0 Å². The van der Waals surface area contributed by atoms with Crippen LogP contribution < -0.4 is 5.56 Å². The minimum Gasteiger partial charge on any atom is -0.342 e. The highest BCUT2D eigenvalue weighted by Gasteiger charge is 2.03. The van der Waals surface area contributed by atoms with E-state index >= 15 is 0 Å². The quantitative estimate of drug-likeness (QED) is 0.667. The molecule has 4 nitrogen and oxygen atoms in total. The summed E-state index contributed by atoms with van der Waals surface area (Å²) < 4.78 is 0. The first-order chi connectivity index (χ1) is 8.22. The molecule has 0 aliphatic heterocycles. The van der Waals surface area contributed by atoms with Crippen LogP contribution in [0.5, 0.6) is 0 Å². The second-order valence-corrected chi connectivity index (χ2v) is 4.04. The van der Waals surface area contributed by atoms with Crippen molar-refractivity contribution in [2.45, 2.75) is 6.92 Å². The monoisotopic (exact) mass is 225 g/mol. The Kier molecular flexibility index (Phi) is 2.08. The summed E-state index contributed by atoms with van der Waals surface area (Å²) in [4.78, 5) is 21.4. The molecular formula is C13H11N3O. The maximum Gasteiger partial charge on any atom is 0.248 e. The van der Waals surface area contributed by atoms with E-state index in [1.165, 1.54) is 6.07 Å². The number of nitrogens with zero attached hydrogens (tertiary/aromatic N) is 1. The van der Waals surface area contributed by atoms with Crippen LogP contribution in [0.1, 0.15) is 5.69 Å². The number of pyridine rings is 1. The standard InChI is InChI=1S/C13H11N3O/c1-8-7-14-13(15-8)10-2-4-11-9(6-10)3-5-12(17)16-11/h2-7H,1H3,(H,14,15)(H,16,17). The minimum absolute atomic E-state index is 0.0842. The topological polar surface area (TPSA) is 61.5 Å². The van der Waals surface area contributed by atoms with Crippen LogP contribution in [-0.4, -0.2) is 15.0 Å². The molecule has 0 spiro atoms. The molecule has 17 heavy (non-hydrogen) atoms. The number of hydrogen-bond donors (Lipinski definition) is 2. The van der Waals surface area contributed by atoms with Crippen molar-refractivity contribution in [2.75, 3.05) is 0 Å². The fourth-order valence-electron chi connectivity index (χ4n) is 1.86. The van der Waals surface area contributed by atoms with Crippen molar-refractivity contribution >= 4 is 10.9 Å². The van der Waals surface area contributed by atoms with Gasteiger partial charge in [-0.3, -0.25) is 4.79 Å². The second kappa shape index (κ2) is 3.59. The Bertz CT molecular complexity index is 740. The molecule has 3 rings (SSSR count). The van der Waals surface area contributed by atoms with E-state index in [9.17, 15) is 4.79 Å². The maximum atomic E-state index is 11.2. The Morgan fingerprint density at radius 3 is 2.76 bits per heavy atom. The predicted octanol–water partition coefficient (Wildman–Crippen LogP) is 2.23. The highest BCUT2D eigenvalue weighted by molar-refractivity contribution is 5.83. The van der Waals surface area contributed by atoms with Crippen molar-refractivity contribution in [3.8, 4) is 11.4 Å². The Morgan fingerprint density at radius 1 is 1.12 bits per heavy atom. The highest BCUT2D eigenvalue weighted by Crippen LogP contribution is 2.20. The molecule has 0 saturated heterocycles. The van der Waals surface area contributed by atoms with Crippen LogP contribution in [0.15, 0.2) is 41.3 Å². The number of imidazole rings is 1. The molecule has 2 aromatic heterocycles. The van der Waals surface area contributed by atoms with Gasteiger partial charge in [-0.1, -0.05) is 0 Å². The Hall–Kier alpha value is -2.36. The second-order valence-electron chi connectivity index (χ2n) is 4.04. The minimum atomic E-state index is -0.0842. The Balaban J connectivity index is 2.20. The molecule has 2 heterocycles. The van der Waals surface area contributed by atoms with Gasteiger partial charge in [0.25, 0.3) is 0 Å². The molecule has 0 atom stereocenters. The number of fused-ring (bicyclic) bond motifs is 1. The number of H-pyrrole nitrogens is 2. The molecular weight excluding hydrogens is 214 g/mol. The number of aromatic amines is 2. The van der Waals surface area contributed by atoms with E-state index in [2.05, 4.69) is 15.0 Å². The van der Waals surface area contributed by atoms with Gasteiger partial charge in [-0.05, 0) is 36.6 Å². The molecule has 84 valence electrons. The number of hydrogen-bond acceptors (Lipinski definition) is 2. The fraction of sp³-hybridized carbons (Fsp3) is 0.0769. The van der Waals surface area contributed by atoms with Gasteiger partial charge in [0.15, 0.2) is 0 Å². The third-order valence-corrected chi connectivity index (χ3v) is 2.70. The van der Waals surface area contributed by atoms with Crippen molar-refractivity contribution in [3.63, 3.8) is 0 Å². The predicted molar refractivity (Wildman–Crippen MR) is 66.9 cm³/mol. The maximum absolute atomic E-state index is 11.2. The van der Waals surface area contributed by atoms with Crippen LogP contribution in [0.3, 0.4) is 0 Å². The van der Waals surface area contributed by atoms with Crippen LogP contribution in [-0.2, 0) is 0 Å². The van der Waals surface area contributed by atoms with Gasteiger partial charge in [-0.25, -0.2) is 4.98 Å². The average molecular weight is 225 g/mol. The zero-order valence-electron chi connectivity index (χ0n) is 9.32. The van der Waals surface area contributed by atoms with E-state index in [1.54, 1.807) is 6.20 Å². The van der Waals surface area contributed by atoms with Crippen LogP contribution >= 0.6 is 0 Å². The summed E-state index contributed by atoms with van der Waals surface area (Å²) in [6, 6.07) is 9.18. The zero-order valence-corrected chi connectivity index (χ0v) is 9.32. The Morgan fingerprint density at radius 2 is 2.00 bits per heavy atom. The first-order valence-electron chi connectivity index (χ1n) is 5.37. The van der Waals surface area contributed by atoms with Gasteiger partial charge in [0.2, 0.25) is 5.56 Å². The van der Waals surface area contributed by atoms with E-state index in [1.807, 2.05) is 31.2 Å². The summed E-state index contributed by atoms with van der Waals surface area (Å²) in [6.07, 6.45) is 1.80. The van der Waals surface area contributed by atoms with Gasteiger partial charge in [-0.15, -0.1) is 0 Å². The molecule has 0 bridgehead atoms. The molecule has 3 aromatic rings. The lowest BCUT2D eigenvalue weighted by atomic mass is 10.1. The third-order valence-electron chi connectivity index (χ3n) is 2.70. The number of aryl methyl sites for hydroxylation is 1. The van der Waals surface area contributed by atoms with E-state index in [0.717, 1.165) is 28.0 Å². The summed E-state index contributed by atoms with van der Waals surface area (Å²) in [5.41, 5.74) is 2.79. The van der Waals surface area contributed by atoms with E-state index < -0.39 is 0 Å². The third kappa shape index (κ3) is 1.73. The van der Waals surface area contributed by atoms with Crippen molar-refractivity contribution in [2.24, 2.45) is 0 Å². The number of aromatic nitrogens is 3. The molecule has 0 radical (unpaired) electrons. The number of rotatable bonds is 1. The largest absolute Gasteiger partial charge is 0.342 e. The molecule has 2 N–H and O–H groups in total. The van der Waals surface area contributed by atoms with Crippen LogP contribution in [0.4, 0.5) is 0 Å². The lowest BCUT2D eigenvalue weighted by molar-refractivity contribution is 1.25. The SMILES string of the molecule is Cc1cnc(-c2ccc3[nH]c(=O)ccc3c2)[nH]1. The van der Waals surface area contributed by atoms with Gasteiger partial charge in [-0.2, -0.15) is 0 Å². The zero-order chi connectivity index (χ0) is 11.8. The van der Waals surface area contributed by atoms with Crippen molar-refractivity contribution in [1.29, 1.82) is 0 Å². The number of benzene rings is 1. The molecule has 0 aliphatic rings. The molecule has 4 heteroatoms. The molecule has 0 unspecified atom stereocenters. The fourth-order valence-corrected chi connectivity index (χ4v) is 1.86. The lowest BCUT2D eigenvalue weighted by Crippen LogP contribution is -2.02. The smallest absolute Gasteiger partial charge is 0.248 e. The summed E-state index contributed by atoms with van der Waals surface area (Å²) >= 11 is 0. The highest BCUT2D eigenvalue weighted by atomic mass is 16.1. The van der Waals surface area contributed by atoms with Crippen molar-refractivity contribution in [1.82, 2.24) is 15.0 Å².